The highest BCUT2D eigenvalue weighted by atomic mass is 35.5. The van der Waals surface area contributed by atoms with Crippen molar-refractivity contribution < 1.29 is 0 Å². The molecule has 6 heteroatoms. The molecule has 0 aromatic carbocycles. The number of hydrogen-bond donors (Lipinski definition) is 2. The molecule has 2 heterocycles. The molecule has 0 spiro atoms. The summed E-state index contributed by atoms with van der Waals surface area (Å²) in [6, 6.07) is 0.519. The minimum atomic E-state index is -0.344. The van der Waals surface area contributed by atoms with Crippen LogP contribution in [-0.4, -0.2) is 40.8 Å². The summed E-state index contributed by atoms with van der Waals surface area (Å²) in [7, 11) is 0. The number of rotatable bonds is 6. The van der Waals surface area contributed by atoms with Gasteiger partial charge in [0.15, 0.2) is 0 Å². The van der Waals surface area contributed by atoms with Gasteiger partial charge in [-0.15, -0.1) is 0 Å². The Balaban J connectivity index is 1.93. The Morgan fingerprint density at radius 1 is 1.55 bits per heavy atom. The Bertz CT molecular complexity index is 476. The number of aromatic amines is 1. The van der Waals surface area contributed by atoms with Crippen LogP contribution in [-0.2, 0) is 0 Å². The molecule has 1 aliphatic rings. The molecule has 1 saturated heterocycles. The van der Waals surface area contributed by atoms with E-state index in [2.05, 4.69) is 27.3 Å². The van der Waals surface area contributed by atoms with E-state index in [9.17, 15) is 4.79 Å². The second kappa shape index (κ2) is 7.64. The van der Waals surface area contributed by atoms with Gasteiger partial charge >= 0.3 is 0 Å². The summed E-state index contributed by atoms with van der Waals surface area (Å²) in [5.41, 5.74) is 0.277. The van der Waals surface area contributed by atoms with Gasteiger partial charge in [0, 0.05) is 12.6 Å². The van der Waals surface area contributed by atoms with Crippen LogP contribution in [0, 0.1) is 0 Å². The molecule has 1 unspecified atom stereocenters. The number of nitrogens with one attached hydrogen (secondary N) is 2. The highest BCUT2D eigenvalue weighted by Gasteiger charge is 2.21. The molecule has 0 radical (unpaired) electrons. The number of piperidine rings is 1. The second-order valence-corrected chi connectivity index (χ2v) is 5.72. The average Bonchev–Trinajstić information content (AvgIpc) is 2.47. The SMILES string of the molecule is CCCCN1CCCCC1CNc1cn[nH]c(=O)c1Cl. The maximum absolute atomic E-state index is 11.4. The second-order valence-electron chi connectivity index (χ2n) is 5.35. The van der Waals surface area contributed by atoms with E-state index in [0.717, 1.165) is 13.1 Å². The number of H-pyrrole nitrogens is 1. The summed E-state index contributed by atoms with van der Waals surface area (Å²) in [6.07, 6.45) is 7.79. The number of likely N-dealkylation sites (tertiary alicyclic amines) is 1. The van der Waals surface area contributed by atoms with E-state index in [1.807, 2.05) is 0 Å². The van der Waals surface area contributed by atoms with Crippen molar-refractivity contribution in [3.8, 4) is 0 Å². The Morgan fingerprint density at radius 2 is 2.40 bits per heavy atom. The van der Waals surface area contributed by atoms with Crippen LogP contribution in [0.5, 0.6) is 0 Å². The van der Waals surface area contributed by atoms with E-state index in [4.69, 9.17) is 11.6 Å². The first kappa shape index (κ1) is 15.3. The Hall–Kier alpha value is -1.07. The van der Waals surface area contributed by atoms with Gasteiger partial charge in [-0.1, -0.05) is 31.4 Å². The molecule has 1 aliphatic heterocycles. The first-order chi connectivity index (χ1) is 9.72. The lowest BCUT2D eigenvalue weighted by molar-refractivity contribution is 0.154. The zero-order valence-electron chi connectivity index (χ0n) is 12.0. The van der Waals surface area contributed by atoms with E-state index in [1.54, 1.807) is 6.20 Å². The van der Waals surface area contributed by atoms with Gasteiger partial charge in [-0.25, -0.2) is 5.10 Å². The number of anilines is 1. The fourth-order valence-electron chi connectivity index (χ4n) is 2.68. The average molecular weight is 299 g/mol. The predicted molar refractivity (Wildman–Crippen MR) is 82.5 cm³/mol. The lowest BCUT2D eigenvalue weighted by atomic mass is 10.0. The van der Waals surface area contributed by atoms with Crippen LogP contribution in [0.2, 0.25) is 5.02 Å². The monoisotopic (exact) mass is 298 g/mol. The molecular weight excluding hydrogens is 276 g/mol. The van der Waals surface area contributed by atoms with Crippen LogP contribution in [0.25, 0.3) is 0 Å². The van der Waals surface area contributed by atoms with E-state index in [0.29, 0.717) is 11.7 Å². The van der Waals surface area contributed by atoms with Crippen LogP contribution in [0.1, 0.15) is 39.0 Å². The van der Waals surface area contributed by atoms with Gasteiger partial charge in [0.05, 0.1) is 11.9 Å². The smallest absolute Gasteiger partial charge is 0.285 e. The number of hydrogen-bond acceptors (Lipinski definition) is 4. The Labute approximate surface area is 124 Å². The third kappa shape index (κ3) is 3.96. The first-order valence-electron chi connectivity index (χ1n) is 7.43. The molecule has 1 aromatic rings. The fraction of sp³-hybridized carbons (Fsp3) is 0.714. The predicted octanol–water partition coefficient (Wildman–Crippen LogP) is 2.49. The first-order valence-corrected chi connectivity index (χ1v) is 7.81. The number of halogens is 1. The molecule has 0 saturated carbocycles. The van der Waals surface area contributed by atoms with Crippen LogP contribution in [0.15, 0.2) is 11.0 Å². The van der Waals surface area contributed by atoms with Gasteiger partial charge < -0.3 is 5.32 Å². The standard InChI is InChI=1S/C14H23ClN4O/c1-2-3-7-19-8-5-4-6-11(19)9-16-12-10-17-18-14(20)13(12)15/h10-11H,2-9H2,1H3,(H2,16,18,20). The molecule has 5 nitrogen and oxygen atoms in total. The third-order valence-corrected chi connectivity index (χ3v) is 4.25. The molecule has 112 valence electrons. The van der Waals surface area contributed by atoms with E-state index < -0.39 is 0 Å². The number of nitrogens with zero attached hydrogens (tertiary/aromatic N) is 2. The summed E-state index contributed by atoms with van der Waals surface area (Å²) >= 11 is 5.97. The number of aromatic nitrogens is 2. The van der Waals surface area contributed by atoms with E-state index in [-0.39, 0.29) is 10.6 Å². The topological polar surface area (TPSA) is 61.0 Å². The molecule has 2 rings (SSSR count). The summed E-state index contributed by atoms with van der Waals surface area (Å²) < 4.78 is 0. The lowest BCUT2D eigenvalue weighted by Crippen LogP contribution is -2.44. The molecule has 1 atom stereocenters. The summed E-state index contributed by atoms with van der Waals surface area (Å²) in [5.74, 6) is 0. The summed E-state index contributed by atoms with van der Waals surface area (Å²) in [6.45, 7) is 5.37. The quantitative estimate of drug-likeness (QED) is 0.847. The van der Waals surface area contributed by atoms with Gasteiger partial charge in [0.25, 0.3) is 5.56 Å². The highest BCUT2D eigenvalue weighted by Crippen LogP contribution is 2.20. The zero-order chi connectivity index (χ0) is 14.4. The van der Waals surface area contributed by atoms with Gasteiger partial charge in [-0.2, -0.15) is 5.10 Å². The molecular formula is C14H23ClN4O. The van der Waals surface area contributed by atoms with Crippen LogP contribution < -0.4 is 10.9 Å². The van der Waals surface area contributed by atoms with Crippen LogP contribution >= 0.6 is 11.6 Å². The molecule has 1 fully saturated rings. The maximum atomic E-state index is 11.4. The molecule has 0 bridgehead atoms. The van der Waals surface area contributed by atoms with Gasteiger partial charge in [0.1, 0.15) is 5.02 Å². The minimum absolute atomic E-state index is 0.191. The van der Waals surface area contributed by atoms with Crippen LogP contribution in [0.4, 0.5) is 5.69 Å². The van der Waals surface area contributed by atoms with Crippen molar-refractivity contribution in [2.24, 2.45) is 0 Å². The van der Waals surface area contributed by atoms with Crippen molar-refractivity contribution in [3.05, 3.63) is 21.6 Å². The normalized spacial score (nSPS) is 20.0. The van der Waals surface area contributed by atoms with E-state index in [1.165, 1.54) is 38.6 Å². The zero-order valence-corrected chi connectivity index (χ0v) is 12.7. The molecule has 20 heavy (non-hydrogen) atoms. The Morgan fingerprint density at radius 3 is 3.20 bits per heavy atom. The van der Waals surface area contributed by atoms with Crippen molar-refractivity contribution >= 4 is 17.3 Å². The van der Waals surface area contributed by atoms with E-state index >= 15 is 0 Å². The molecule has 0 amide bonds. The van der Waals surface area contributed by atoms with Gasteiger partial charge in [-0.05, 0) is 32.4 Å². The summed E-state index contributed by atoms with van der Waals surface area (Å²) in [5, 5.41) is 9.57. The lowest BCUT2D eigenvalue weighted by Gasteiger charge is -2.36. The van der Waals surface area contributed by atoms with Gasteiger partial charge in [0.2, 0.25) is 0 Å². The summed E-state index contributed by atoms with van der Waals surface area (Å²) in [4.78, 5) is 13.9. The van der Waals surface area contributed by atoms with Crippen molar-refractivity contribution in [1.29, 1.82) is 0 Å². The van der Waals surface area contributed by atoms with Gasteiger partial charge in [-0.3, -0.25) is 9.69 Å². The molecule has 1 aromatic heterocycles. The van der Waals surface area contributed by atoms with Crippen molar-refractivity contribution in [2.45, 2.75) is 45.1 Å². The molecule has 2 N–H and O–H groups in total. The molecule has 0 aliphatic carbocycles. The largest absolute Gasteiger partial charge is 0.381 e. The van der Waals surface area contributed by atoms with Crippen molar-refractivity contribution in [1.82, 2.24) is 15.1 Å². The fourth-order valence-corrected chi connectivity index (χ4v) is 2.84. The Kier molecular flexibility index (Phi) is 5.86. The minimum Gasteiger partial charge on any atom is -0.381 e. The maximum Gasteiger partial charge on any atom is 0.285 e. The third-order valence-electron chi connectivity index (χ3n) is 3.87. The van der Waals surface area contributed by atoms with Crippen molar-refractivity contribution in [2.75, 3.05) is 25.0 Å². The number of unbranched alkanes of at least 4 members (excludes halogenated alkanes) is 1. The highest BCUT2D eigenvalue weighted by molar-refractivity contribution is 6.32. The van der Waals surface area contributed by atoms with Crippen molar-refractivity contribution in [3.63, 3.8) is 0 Å². The van der Waals surface area contributed by atoms with Crippen LogP contribution in [0.3, 0.4) is 0 Å².